The number of carbonyl (C=O) groups excluding carboxylic acids is 2. The predicted molar refractivity (Wildman–Crippen MR) is 67.9 cm³/mol. The molecule has 0 heterocycles. The average Bonchev–Trinajstić information content (AvgIpc) is 2.59. The molecule has 0 aromatic heterocycles. The molecule has 1 aliphatic rings. The lowest BCUT2D eigenvalue weighted by molar-refractivity contribution is -0.163. The maximum Gasteiger partial charge on any atom is 0.320 e. The lowest BCUT2D eigenvalue weighted by Gasteiger charge is -2.20. The van der Waals surface area contributed by atoms with Crippen LogP contribution in [0.4, 0.5) is 0 Å². The number of allylic oxidation sites excluding steroid dienone is 2. The standard InChI is InChI=1S/C14H22O4/c1-3-17-13(15)12(14(16)18-4-2)11-9-7-5-6-8-10-11/h7,9,11-12H,3-6,8,10H2,1-2H3/t11-/m1/s1. The lowest BCUT2D eigenvalue weighted by Crippen LogP contribution is -2.33. The molecule has 4 heteroatoms. The summed E-state index contributed by atoms with van der Waals surface area (Å²) in [6.45, 7) is 4.04. The Bertz CT molecular complexity index is 291. The van der Waals surface area contributed by atoms with Crippen molar-refractivity contribution in [2.45, 2.75) is 39.5 Å². The molecule has 0 bridgehead atoms. The average molecular weight is 254 g/mol. The first kappa shape index (κ1) is 14.7. The quantitative estimate of drug-likeness (QED) is 0.429. The third-order valence-electron chi connectivity index (χ3n) is 3.05. The smallest absolute Gasteiger partial charge is 0.320 e. The molecule has 0 saturated heterocycles. The molecule has 1 atom stereocenters. The minimum atomic E-state index is -0.806. The van der Waals surface area contributed by atoms with Gasteiger partial charge < -0.3 is 9.47 Å². The van der Waals surface area contributed by atoms with E-state index in [9.17, 15) is 9.59 Å². The van der Waals surface area contributed by atoms with Crippen LogP contribution in [0.15, 0.2) is 12.2 Å². The van der Waals surface area contributed by atoms with Gasteiger partial charge in [0.05, 0.1) is 13.2 Å². The van der Waals surface area contributed by atoms with Crippen molar-refractivity contribution < 1.29 is 19.1 Å². The van der Waals surface area contributed by atoms with Crippen LogP contribution in [0, 0.1) is 11.8 Å². The Morgan fingerprint density at radius 3 is 2.33 bits per heavy atom. The van der Waals surface area contributed by atoms with Gasteiger partial charge >= 0.3 is 11.9 Å². The van der Waals surface area contributed by atoms with Gasteiger partial charge in [0.1, 0.15) is 0 Å². The van der Waals surface area contributed by atoms with Gasteiger partial charge in [0, 0.05) is 5.92 Å². The monoisotopic (exact) mass is 254 g/mol. The second kappa shape index (κ2) is 7.90. The van der Waals surface area contributed by atoms with Crippen LogP contribution in [0.1, 0.15) is 39.5 Å². The third-order valence-corrected chi connectivity index (χ3v) is 3.05. The molecule has 0 unspecified atom stereocenters. The summed E-state index contributed by atoms with van der Waals surface area (Å²) in [5.74, 6) is -1.83. The first-order valence-corrected chi connectivity index (χ1v) is 6.70. The van der Waals surface area contributed by atoms with Crippen molar-refractivity contribution in [3.63, 3.8) is 0 Å². The summed E-state index contributed by atoms with van der Waals surface area (Å²) in [5, 5.41) is 0. The molecule has 0 amide bonds. The zero-order chi connectivity index (χ0) is 13.4. The zero-order valence-electron chi connectivity index (χ0n) is 11.2. The van der Waals surface area contributed by atoms with E-state index in [4.69, 9.17) is 9.47 Å². The lowest BCUT2D eigenvalue weighted by atomic mass is 9.88. The molecular weight excluding hydrogens is 232 g/mol. The van der Waals surface area contributed by atoms with E-state index >= 15 is 0 Å². The van der Waals surface area contributed by atoms with Gasteiger partial charge in [0.15, 0.2) is 5.92 Å². The Morgan fingerprint density at radius 2 is 1.78 bits per heavy atom. The number of hydrogen-bond acceptors (Lipinski definition) is 4. The summed E-state index contributed by atoms with van der Waals surface area (Å²) in [6.07, 6.45) is 7.97. The SMILES string of the molecule is CCOC(=O)C(C(=O)OCC)[C@@H]1C=CCCCC1. The maximum absolute atomic E-state index is 11.9. The highest BCUT2D eigenvalue weighted by Gasteiger charge is 2.36. The normalized spacial score (nSPS) is 19.4. The van der Waals surface area contributed by atoms with Crippen molar-refractivity contribution >= 4 is 11.9 Å². The van der Waals surface area contributed by atoms with Crippen molar-refractivity contribution in [2.75, 3.05) is 13.2 Å². The predicted octanol–water partition coefficient (Wildman–Crippen LogP) is 2.48. The van der Waals surface area contributed by atoms with Crippen LogP contribution >= 0.6 is 0 Å². The Labute approximate surface area is 108 Å². The van der Waals surface area contributed by atoms with Gasteiger partial charge in [-0.1, -0.05) is 18.6 Å². The van der Waals surface area contributed by atoms with Crippen molar-refractivity contribution in [2.24, 2.45) is 11.8 Å². The molecule has 0 fully saturated rings. The molecule has 0 radical (unpaired) electrons. The van der Waals surface area contributed by atoms with Gasteiger partial charge in [-0.05, 0) is 33.1 Å². The fourth-order valence-corrected chi connectivity index (χ4v) is 2.20. The summed E-state index contributed by atoms with van der Waals surface area (Å²) in [6, 6.07) is 0. The Hall–Kier alpha value is -1.32. The Balaban J connectivity index is 2.80. The zero-order valence-corrected chi connectivity index (χ0v) is 11.2. The fraction of sp³-hybridized carbons (Fsp3) is 0.714. The van der Waals surface area contributed by atoms with Gasteiger partial charge in [0.2, 0.25) is 0 Å². The number of hydrogen-bond donors (Lipinski definition) is 0. The third kappa shape index (κ3) is 4.17. The molecular formula is C14H22O4. The van der Waals surface area contributed by atoms with E-state index in [1.54, 1.807) is 13.8 Å². The number of esters is 2. The van der Waals surface area contributed by atoms with Gasteiger partial charge in [-0.25, -0.2) is 0 Å². The highest BCUT2D eigenvalue weighted by Crippen LogP contribution is 2.26. The highest BCUT2D eigenvalue weighted by molar-refractivity contribution is 5.95. The van der Waals surface area contributed by atoms with Crippen LogP contribution < -0.4 is 0 Å². The molecule has 0 aromatic carbocycles. The molecule has 18 heavy (non-hydrogen) atoms. The van der Waals surface area contributed by atoms with E-state index < -0.39 is 17.9 Å². The second-order valence-corrected chi connectivity index (χ2v) is 4.36. The molecule has 0 aromatic rings. The van der Waals surface area contributed by atoms with Crippen LogP contribution in [0.5, 0.6) is 0 Å². The molecule has 102 valence electrons. The topological polar surface area (TPSA) is 52.6 Å². The number of rotatable bonds is 5. The van der Waals surface area contributed by atoms with Crippen molar-refractivity contribution in [3.8, 4) is 0 Å². The molecule has 0 N–H and O–H groups in total. The largest absolute Gasteiger partial charge is 0.465 e. The van der Waals surface area contributed by atoms with E-state index in [2.05, 4.69) is 0 Å². The van der Waals surface area contributed by atoms with Crippen LogP contribution in [-0.4, -0.2) is 25.2 Å². The summed E-state index contributed by atoms with van der Waals surface area (Å²) in [4.78, 5) is 23.8. The first-order valence-electron chi connectivity index (χ1n) is 6.70. The second-order valence-electron chi connectivity index (χ2n) is 4.36. The van der Waals surface area contributed by atoms with Gasteiger partial charge in [0.25, 0.3) is 0 Å². The Morgan fingerprint density at radius 1 is 1.17 bits per heavy atom. The number of ether oxygens (including phenoxy) is 2. The molecule has 1 rings (SSSR count). The summed E-state index contributed by atoms with van der Waals surface area (Å²) >= 11 is 0. The highest BCUT2D eigenvalue weighted by atomic mass is 16.6. The minimum absolute atomic E-state index is 0.0920. The number of carbonyl (C=O) groups is 2. The van der Waals surface area contributed by atoms with Gasteiger partial charge in [-0.15, -0.1) is 0 Å². The molecule has 0 saturated carbocycles. The van der Waals surface area contributed by atoms with Crippen molar-refractivity contribution in [1.82, 2.24) is 0 Å². The molecule has 1 aliphatic carbocycles. The summed E-state index contributed by atoms with van der Waals surface area (Å²) < 4.78 is 9.98. The van der Waals surface area contributed by atoms with E-state index in [-0.39, 0.29) is 19.1 Å². The van der Waals surface area contributed by atoms with Crippen molar-refractivity contribution in [1.29, 1.82) is 0 Å². The first-order chi connectivity index (χ1) is 8.70. The Kier molecular flexibility index (Phi) is 6.47. The van der Waals surface area contributed by atoms with E-state index in [0.29, 0.717) is 0 Å². The molecule has 4 nitrogen and oxygen atoms in total. The van der Waals surface area contributed by atoms with Crippen LogP contribution in [0.3, 0.4) is 0 Å². The molecule has 0 aliphatic heterocycles. The van der Waals surface area contributed by atoms with Crippen LogP contribution in [0.2, 0.25) is 0 Å². The fourth-order valence-electron chi connectivity index (χ4n) is 2.20. The van der Waals surface area contributed by atoms with E-state index in [1.807, 2.05) is 12.2 Å². The maximum atomic E-state index is 11.9. The summed E-state index contributed by atoms with van der Waals surface area (Å²) in [5.41, 5.74) is 0. The van der Waals surface area contributed by atoms with Crippen LogP contribution in [0.25, 0.3) is 0 Å². The van der Waals surface area contributed by atoms with Gasteiger partial charge in [-0.2, -0.15) is 0 Å². The van der Waals surface area contributed by atoms with E-state index in [0.717, 1.165) is 25.7 Å². The van der Waals surface area contributed by atoms with Gasteiger partial charge in [-0.3, -0.25) is 9.59 Å². The summed E-state index contributed by atoms with van der Waals surface area (Å²) in [7, 11) is 0. The van der Waals surface area contributed by atoms with Crippen molar-refractivity contribution in [3.05, 3.63) is 12.2 Å². The van der Waals surface area contributed by atoms with Crippen LogP contribution in [-0.2, 0) is 19.1 Å². The van der Waals surface area contributed by atoms with E-state index in [1.165, 1.54) is 0 Å². The minimum Gasteiger partial charge on any atom is -0.465 e. The molecule has 0 spiro atoms.